The zero-order valence-corrected chi connectivity index (χ0v) is 14.5. The number of hydrogen-bond donors (Lipinski definition) is 2. The summed E-state index contributed by atoms with van der Waals surface area (Å²) in [6.45, 7) is 1.85. The van der Waals surface area contributed by atoms with Gasteiger partial charge in [0, 0.05) is 17.0 Å². The molecule has 0 radical (unpaired) electrons. The molecule has 0 bridgehead atoms. The van der Waals surface area contributed by atoms with Crippen LogP contribution in [0.4, 0.5) is 24.5 Å². The second-order valence-corrected chi connectivity index (χ2v) is 7.12. The van der Waals surface area contributed by atoms with Gasteiger partial charge in [-0.1, -0.05) is 18.2 Å². The average molecular weight is 380 g/mol. The Labute approximate surface area is 152 Å². The molecule has 1 heterocycles. The number of thioether (sulfide) groups is 1. The van der Waals surface area contributed by atoms with E-state index in [1.165, 1.54) is 6.07 Å². The van der Waals surface area contributed by atoms with Crippen molar-refractivity contribution in [2.75, 3.05) is 10.6 Å². The third-order valence-electron chi connectivity index (χ3n) is 3.92. The van der Waals surface area contributed by atoms with Crippen molar-refractivity contribution in [2.24, 2.45) is 0 Å². The van der Waals surface area contributed by atoms with Gasteiger partial charge in [0.15, 0.2) is 0 Å². The minimum atomic E-state index is -4.48. The number of para-hydroxylation sites is 1. The third kappa shape index (κ3) is 4.01. The summed E-state index contributed by atoms with van der Waals surface area (Å²) in [5.41, 5.74) is 0.846. The number of aryl methyl sites for hydroxylation is 1. The Morgan fingerprint density at radius 3 is 2.65 bits per heavy atom. The van der Waals surface area contributed by atoms with Crippen LogP contribution in [-0.2, 0) is 15.8 Å². The van der Waals surface area contributed by atoms with Gasteiger partial charge in [0.2, 0.25) is 11.8 Å². The Morgan fingerprint density at radius 2 is 1.96 bits per heavy atom. The zero-order valence-electron chi connectivity index (χ0n) is 13.7. The number of carbonyl (C=O) groups excluding carboxylic acids is 2. The van der Waals surface area contributed by atoms with Gasteiger partial charge in [0.25, 0.3) is 0 Å². The Balaban J connectivity index is 1.70. The van der Waals surface area contributed by atoms with E-state index in [1.807, 2.05) is 19.1 Å². The van der Waals surface area contributed by atoms with Crippen molar-refractivity contribution in [3.63, 3.8) is 0 Å². The number of carbonyl (C=O) groups is 2. The fourth-order valence-electron chi connectivity index (χ4n) is 2.54. The maximum Gasteiger partial charge on any atom is 0.416 e. The van der Waals surface area contributed by atoms with Crippen LogP contribution < -0.4 is 10.6 Å². The van der Waals surface area contributed by atoms with Crippen LogP contribution in [0.2, 0.25) is 0 Å². The molecule has 1 atom stereocenters. The van der Waals surface area contributed by atoms with Gasteiger partial charge in [-0.2, -0.15) is 13.2 Å². The van der Waals surface area contributed by atoms with Gasteiger partial charge in [-0.25, -0.2) is 0 Å². The third-order valence-corrected chi connectivity index (χ3v) is 5.19. The molecule has 8 heteroatoms. The van der Waals surface area contributed by atoms with Crippen molar-refractivity contribution in [3.8, 4) is 0 Å². The topological polar surface area (TPSA) is 58.2 Å². The Bertz CT molecular complexity index is 868. The summed E-state index contributed by atoms with van der Waals surface area (Å²) in [6.07, 6.45) is -4.56. The molecule has 0 saturated carbocycles. The van der Waals surface area contributed by atoms with Crippen LogP contribution in [0.25, 0.3) is 0 Å². The number of anilines is 2. The Hall–Kier alpha value is -2.48. The van der Waals surface area contributed by atoms with E-state index in [-0.39, 0.29) is 18.0 Å². The fraction of sp³-hybridized carbons (Fsp3) is 0.222. The predicted octanol–water partition coefficient (Wildman–Crippen LogP) is 4.46. The average Bonchev–Trinajstić information content (AvgIpc) is 2.56. The van der Waals surface area contributed by atoms with Gasteiger partial charge in [0.05, 0.1) is 16.5 Å². The van der Waals surface area contributed by atoms with E-state index >= 15 is 0 Å². The minimum Gasteiger partial charge on any atom is -0.326 e. The number of hydrogen-bond acceptors (Lipinski definition) is 3. The van der Waals surface area contributed by atoms with Gasteiger partial charge < -0.3 is 10.6 Å². The van der Waals surface area contributed by atoms with Crippen molar-refractivity contribution in [3.05, 3.63) is 53.6 Å². The number of nitrogens with one attached hydrogen (secondary N) is 2. The lowest BCUT2D eigenvalue weighted by atomic mass is 10.1. The standard InChI is InChI=1S/C18H15F3N2O2S/c1-10-4-2-3-5-12(10)22-16(24)9-15-17(25)23-13-8-11(18(19,20)21)6-7-14(13)26-15/h2-8,15H,9H2,1H3,(H,22,24)(H,23,25)/t15-/m0/s1. The molecule has 0 aromatic heterocycles. The molecular formula is C18H15F3N2O2S. The second-order valence-electron chi connectivity index (χ2n) is 5.87. The number of rotatable bonds is 3. The van der Waals surface area contributed by atoms with Gasteiger partial charge in [-0.3, -0.25) is 9.59 Å². The zero-order chi connectivity index (χ0) is 18.9. The molecule has 26 heavy (non-hydrogen) atoms. The van der Waals surface area contributed by atoms with E-state index in [0.717, 1.165) is 29.5 Å². The normalized spacial score (nSPS) is 16.6. The first kappa shape index (κ1) is 18.3. The van der Waals surface area contributed by atoms with Crippen molar-refractivity contribution < 1.29 is 22.8 Å². The Morgan fingerprint density at radius 1 is 1.23 bits per heavy atom. The van der Waals surface area contributed by atoms with Crippen LogP contribution >= 0.6 is 11.8 Å². The largest absolute Gasteiger partial charge is 0.416 e. The molecule has 0 saturated heterocycles. The fourth-order valence-corrected chi connectivity index (χ4v) is 3.63. The van der Waals surface area contributed by atoms with Gasteiger partial charge in [-0.15, -0.1) is 11.8 Å². The maximum absolute atomic E-state index is 12.8. The monoisotopic (exact) mass is 380 g/mol. The smallest absolute Gasteiger partial charge is 0.326 e. The van der Waals surface area contributed by atoms with Gasteiger partial charge >= 0.3 is 6.18 Å². The van der Waals surface area contributed by atoms with Gasteiger partial charge in [0.1, 0.15) is 0 Å². The summed E-state index contributed by atoms with van der Waals surface area (Å²) in [6, 6.07) is 10.4. The molecule has 1 aliphatic rings. The van der Waals surface area contributed by atoms with Crippen LogP contribution in [-0.4, -0.2) is 17.1 Å². The summed E-state index contributed by atoms with van der Waals surface area (Å²) in [5.74, 6) is -0.816. The second kappa shape index (κ2) is 7.03. The van der Waals surface area contributed by atoms with Crippen molar-refractivity contribution in [2.45, 2.75) is 29.7 Å². The van der Waals surface area contributed by atoms with Crippen LogP contribution in [0.5, 0.6) is 0 Å². The van der Waals surface area contributed by atoms with E-state index in [9.17, 15) is 22.8 Å². The van der Waals surface area contributed by atoms with Crippen LogP contribution in [0.1, 0.15) is 17.5 Å². The molecule has 0 aliphatic carbocycles. The quantitative estimate of drug-likeness (QED) is 0.827. The minimum absolute atomic E-state index is 0.0781. The highest BCUT2D eigenvalue weighted by Crippen LogP contribution is 2.40. The highest BCUT2D eigenvalue weighted by Gasteiger charge is 2.34. The summed E-state index contributed by atoms with van der Waals surface area (Å²) in [7, 11) is 0. The molecule has 2 aromatic carbocycles. The van der Waals surface area contributed by atoms with Crippen LogP contribution in [0, 0.1) is 6.92 Å². The summed E-state index contributed by atoms with van der Waals surface area (Å²) in [5, 5.41) is 4.51. The molecular weight excluding hydrogens is 365 g/mol. The summed E-state index contributed by atoms with van der Waals surface area (Å²) < 4.78 is 38.3. The van der Waals surface area contributed by atoms with Gasteiger partial charge in [-0.05, 0) is 36.8 Å². The van der Waals surface area contributed by atoms with E-state index in [1.54, 1.807) is 12.1 Å². The molecule has 0 unspecified atom stereocenters. The van der Waals surface area contributed by atoms with Crippen LogP contribution in [0.15, 0.2) is 47.4 Å². The first-order chi connectivity index (χ1) is 12.2. The number of halogens is 3. The van der Waals surface area contributed by atoms with E-state index in [2.05, 4.69) is 10.6 Å². The molecule has 0 fully saturated rings. The number of benzene rings is 2. The summed E-state index contributed by atoms with van der Waals surface area (Å²) >= 11 is 1.09. The lowest BCUT2D eigenvalue weighted by Crippen LogP contribution is -2.32. The first-order valence-corrected chi connectivity index (χ1v) is 8.66. The molecule has 2 amide bonds. The van der Waals surface area contributed by atoms with Crippen molar-refractivity contribution in [1.29, 1.82) is 0 Å². The Kier molecular flexibility index (Phi) is 4.95. The predicted molar refractivity (Wildman–Crippen MR) is 94.1 cm³/mol. The molecule has 1 aliphatic heterocycles. The molecule has 4 nitrogen and oxygen atoms in total. The van der Waals surface area contributed by atoms with Crippen LogP contribution in [0.3, 0.4) is 0 Å². The summed E-state index contributed by atoms with van der Waals surface area (Å²) in [4.78, 5) is 24.9. The van der Waals surface area contributed by atoms with E-state index in [4.69, 9.17) is 0 Å². The highest BCUT2D eigenvalue weighted by atomic mass is 32.2. The highest BCUT2D eigenvalue weighted by molar-refractivity contribution is 8.01. The van der Waals surface area contributed by atoms with E-state index in [0.29, 0.717) is 10.6 Å². The number of fused-ring (bicyclic) bond motifs is 1. The molecule has 136 valence electrons. The van der Waals surface area contributed by atoms with E-state index < -0.39 is 22.9 Å². The van der Waals surface area contributed by atoms with Crippen molar-refractivity contribution >= 4 is 35.0 Å². The first-order valence-electron chi connectivity index (χ1n) is 7.78. The molecule has 2 N–H and O–H groups in total. The lowest BCUT2D eigenvalue weighted by Gasteiger charge is -2.24. The molecule has 3 rings (SSSR count). The maximum atomic E-state index is 12.8. The number of alkyl halides is 3. The lowest BCUT2D eigenvalue weighted by molar-refractivity contribution is -0.137. The molecule has 2 aromatic rings. The SMILES string of the molecule is Cc1ccccc1NC(=O)C[C@@H]1Sc2ccc(C(F)(F)F)cc2NC1=O. The van der Waals surface area contributed by atoms with Crippen molar-refractivity contribution in [1.82, 2.24) is 0 Å². The molecule has 0 spiro atoms. The number of amides is 2.